The third kappa shape index (κ3) is 3.55. The maximum absolute atomic E-state index is 14.0. The number of piperidine rings is 1. The van der Waals surface area contributed by atoms with Crippen LogP contribution >= 0.6 is 22.9 Å². The number of hydrogen-bond donors (Lipinski definition) is 0. The van der Waals surface area contributed by atoms with Crippen molar-refractivity contribution in [1.82, 2.24) is 8.10 Å². The van der Waals surface area contributed by atoms with Gasteiger partial charge in [0.15, 0.2) is 0 Å². The van der Waals surface area contributed by atoms with E-state index >= 15 is 0 Å². The second-order valence-electron chi connectivity index (χ2n) is 7.00. The van der Waals surface area contributed by atoms with E-state index in [4.69, 9.17) is 10.00 Å². The average Bonchev–Trinajstić information content (AvgIpc) is 2.87. The lowest BCUT2D eigenvalue weighted by Crippen LogP contribution is -2.35. The van der Waals surface area contributed by atoms with Crippen molar-refractivity contribution in [2.24, 2.45) is 0 Å². The molecule has 0 saturated carbocycles. The standard InChI is InChI=1S/C20H19FIN3O/c21-18-8-13(11-23)4-5-14(18)12-26-20-3-1-2-19(24-20)15-9-16-6-7-17(10-15)25(16)22/h1-5,8,15-17H,6-7,9-10,12H2. The van der Waals surface area contributed by atoms with Crippen LogP contribution in [-0.4, -0.2) is 20.2 Å². The van der Waals surface area contributed by atoms with Gasteiger partial charge in [-0.3, -0.25) is 0 Å². The normalized spacial score (nSPS) is 25.0. The second-order valence-corrected chi connectivity index (χ2v) is 8.12. The molecular formula is C20H19FIN3O. The van der Waals surface area contributed by atoms with Gasteiger partial charge in [0.25, 0.3) is 0 Å². The first kappa shape index (κ1) is 17.7. The van der Waals surface area contributed by atoms with Crippen LogP contribution in [0.3, 0.4) is 0 Å². The van der Waals surface area contributed by atoms with Gasteiger partial charge >= 0.3 is 0 Å². The molecule has 0 aliphatic carbocycles. The number of fused-ring (bicyclic) bond motifs is 2. The third-order valence-electron chi connectivity index (χ3n) is 5.37. The smallest absolute Gasteiger partial charge is 0.213 e. The van der Waals surface area contributed by atoms with Gasteiger partial charge in [0.2, 0.25) is 5.88 Å². The zero-order valence-corrected chi connectivity index (χ0v) is 16.4. The summed E-state index contributed by atoms with van der Waals surface area (Å²) in [5.41, 5.74) is 1.80. The lowest BCUT2D eigenvalue weighted by Gasteiger charge is -2.34. The molecule has 26 heavy (non-hydrogen) atoms. The van der Waals surface area contributed by atoms with Gasteiger partial charge in [-0.2, -0.15) is 5.26 Å². The topological polar surface area (TPSA) is 49.1 Å². The highest BCUT2D eigenvalue weighted by molar-refractivity contribution is 14.1. The number of pyridine rings is 1. The van der Waals surface area contributed by atoms with Crippen LogP contribution in [0.25, 0.3) is 0 Å². The van der Waals surface area contributed by atoms with Crippen LogP contribution in [0.5, 0.6) is 5.88 Å². The summed E-state index contributed by atoms with van der Waals surface area (Å²) in [7, 11) is 0. The van der Waals surface area contributed by atoms with Gasteiger partial charge in [0, 0.05) is 58.2 Å². The van der Waals surface area contributed by atoms with Crippen molar-refractivity contribution in [3.05, 3.63) is 59.0 Å². The summed E-state index contributed by atoms with van der Waals surface area (Å²) in [6.45, 7) is 0.103. The second kappa shape index (κ2) is 7.49. The van der Waals surface area contributed by atoms with Crippen LogP contribution in [0.1, 0.15) is 48.4 Å². The zero-order chi connectivity index (χ0) is 18.1. The number of hydrogen-bond acceptors (Lipinski definition) is 4. The van der Waals surface area contributed by atoms with Crippen molar-refractivity contribution in [1.29, 1.82) is 5.26 Å². The molecule has 0 radical (unpaired) electrons. The third-order valence-corrected chi connectivity index (χ3v) is 6.94. The molecule has 2 aromatic rings. The summed E-state index contributed by atoms with van der Waals surface area (Å²) in [5.74, 6) is 0.565. The first-order valence-electron chi connectivity index (χ1n) is 8.86. The van der Waals surface area contributed by atoms with Crippen LogP contribution in [-0.2, 0) is 6.61 Å². The van der Waals surface area contributed by atoms with E-state index in [9.17, 15) is 4.39 Å². The number of rotatable bonds is 4. The number of halogens is 2. The first-order valence-corrected chi connectivity index (χ1v) is 9.83. The van der Waals surface area contributed by atoms with Crippen LogP contribution in [0, 0.1) is 17.1 Å². The minimum Gasteiger partial charge on any atom is -0.473 e. The van der Waals surface area contributed by atoms with Crippen molar-refractivity contribution in [3.63, 3.8) is 0 Å². The fraction of sp³-hybridized carbons (Fsp3) is 0.400. The predicted octanol–water partition coefficient (Wildman–Crippen LogP) is 4.73. The van der Waals surface area contributed by atoms with E-state index in [0.717, 1.165) is 18.5 Å². The molecule has 6 heteroatoms. The minimum absolute atomic E-state index is 0.103. The molecule has 0 amide bonds. The molecule has 1 aromatic heterocycles. The van der Waals surface area contributed by atoms with Gasteiger partial charge < -0.3 is 4.74 Å². The Bertz CT molecular complexity index is 839. The van der Waals surface area contributed by atoms with Crippen molar-refractivity contribution in [3.8, 4) is 11.9 Å². The molecule has 4 nitrogen and oxygen atoms in total. The van der Waals surface area contributed by atoms with E-state index in [2.05, 4.69) is 37.0 Å². The average molecular weight is 463 g/mol. The number of ether oxygens (including phenoxy) is 1. The van der Waals surface area contributed by atoms with Crippen molar-refractivity contribution >= 4 is 22.9 Å². The summed E-state index contributed by atoms with van der Waals surface area (Å²) in [6, 6.07) is 13.5. The molecule has 4 rings (SSSR count). The highest BCUT2D eigenvalue weighted by atomic mass is 127. The van der Waals surface area contributed by atoms with E-state index in [-0.39, 0.29) is 6.61 Å². The Morgan fingerprint density at radius 2 is 2.00 bits per heavy atom. The first-order chi connectivity index (χ1) is 12.6. The molecule has 2 unspecified atom stereocenters. The van der Waals surface area contributed by atoms with E-state index in [1.54, 1.807) is 12.1 Å². The van der Waals surface area contributed by atoms with Crippen LogP contribution in [0.15, 0.2) is 36.4 Å². The molecule has 134 valence electrons. The highest BCUT2D eigenvalue weighted by Gasteiger charge is 2.40. The summed E-state index contributed by atoms with van der Waals surface area (Å²) in [4.78, 5) is 4.68. The van der Waals surface area contributed by atoms with Crippen LogP contribution in [0.2, 0.25) is 0 Å². The van der Waals surface area contributed by atoms with Gasteiger partial charge in [-0.05, 0) is 43.9 Å². The Hall–Kier alpha value is -1.72. The maximum Gasteiger partial charge on any atom is 0.213 e. The van der Waals surface area contributed by atoms with E-state index in [0.29, 0.717) is 35.0 Å². The summed E-state index contributed by atoms with van der Waals surface area (Å²) < 4.78 is 22.2. The van der Waals surface area contributed by atoms with Crippen LogP contribution < -0.4 is 4.74 Å². The molecule has 2 aliphatic heterocycles. The minimum atomic E-state index is -0.425. The SMILES string of the molecule is N#Cc1ccc(COc2cccc(C3CC4CCC(C3)N4I)n2)c(F)c1. The fourth-order valence-corrected chi connectivity index (χ4v) is 5.00. The number of aromatic nitrogens is 1. The quantitative estimate of drug-likeness (QED) is 0.486. The van der Waals surface area contributed by atoms with E-state index in [1.807, 2.05) is 18.2 Å². The monoisotopic (exact) mass is 463 g/mol. The maximum atomic E-state index is 14.0. The molecule has 3 heterocycles. The van der Waals surface area contributed by atoms with Gasteiger partial charge in [-0.25, -0.2) is 12.5 Å². The Kier molecular flexibility index (Phi) is 5.09. The van der Waals surface area contributed by atoms with Crippen molar-refractivity contribution < 1.29 is 9.13 Å². The van der Waals surface area contributed by atoms with Gasteiger partial charge in [0.05, 0.1) is 11.6 Å². The molecule has 0 N–H and O–H groups in total. The number of nitriles is 1. The predicted molar refractivity (Wildman–Crippen MR) is 104 cm³/mol. The van der Waals surface area contributed by atoms with Crippen LogP contribution in [0.4, 0.5) is 4.39 Å². The Labute approximate surface area is 166 Å². The van der Waals surface area contributed by atoms with E-state index in [1.165, 1.54) is 18.9 Å². The fourth-order valence-electron chi connectivity index (χ4n) is 3.99. The molecule has 2 bridgehead atoms. The van der Waals surface area contributed by atoms with E-state index < -0.39 is 5.82 Å². The largest absolute Gasteiger partial charge is 0.473 e. The highest BCUT2D eigenvalue weighted by Crippen LogP contribution is 2.44. The Balaban J connectivity index is 1.44. The number of nitrogens with zero attached hydrogens (tertiary/aromatic N) is 3. The summed E-state index contributed by atoms with van der Waals surface area (Å²) in [5, 5.41) is 8.81. The molecule has 1 aromatic carbocycles. The zero-order valence-electron chi connectivity index (χ0n) is 14.2. The number of benzene rings is 1. The Morgan fingerprint density at radius 1 is 1.23 bits per heavy atom. The summed E-state index contributed by atoms with van der Waals surface area (Å²) >= 11 is 2.47. The molecule has 2 atom stereocenters. The molecule has 2 saturated heterocycles. The lowest BCUT2D eigenvalue weighted by atomic mass is 9.89. The molecule has 2 fully saturated rings. The molecule has 2 aliphatic rings. The van der Waals surface area contributed by atoms with Crippen molar-refractivity contribution in [2.45, 2.75) is 50.3 Å². The van der Waals surface area contributed by atoms with Gasteiger partial charge in [-0.15, -0.1) is 0 Å². The molecule has 0 spiro atoms. The summed E-state index contributed by atoms with van der Waals surface area (Å²) in [6.07, 6.45) is 4.83. The van der Waals surface area contributed by atoms with Crippen molar-refractivity contribution in [2.75, 3.05) is 0 Å². The molecular weight excluding hydrogens is 444 g/mol. The Morgan fingerprint density at radius 3 is 2.69 bits per heavy atom. The van der Waals surface area contributed by atoms with Gasteiger partial charge in [0.1, 0.15) is 12.4 Å². The van der Waals surface area contributed by atoms with Gasteiger partial charge in [-0.1, -0.05) is 12.1 Å². The lowest BCUT2D eigenvalue weighted by molar-refractivity contribution is 0.259.